The summed E-state index contributed by atoms with van der Waals surface area (Å²) in [6.07, 6.45) is 9.18. The standard InChI is InChI=1S/C22H27N5O2/c1-16-7-5-6-13-26(16)20(28)10-11-24-22-21(17-8-3-4-9-18(17)29-2)25-19-15-23-12-14-27(19)22/h3-4,8-9,12,14-16,24H,5-7,10-11,13H2,1-2H3/t16-/m1/s1. The molecule has 7 heteroatoms. The quantitative estimate of drug-likeness (QED) is 0.693. The summed E-state index contributed by atoms with van der Waals surface area (Å²) in [6, 6.07) is 8.14. The van der Waals surface area contributed by atoms with Gasteiger partial charge < -0.3 is 15.0 Å². The van der Waals surface area contributed by atoms with Crippen LogP contribution in [0.15, 0.2) is 42.9 Å². The highest BCUT2D eigenvalue weighted by Crippen LogP contribution is 2.34. The molecule has 29 heavy (non-hydrogen) atoms. The Hall–Kier alpha value is -3.09. The Morgan fingerprint density at radius 2 is 2.17 bits per heavy atom. The maximum absolute atomic E-state index is 12.7. The molecular weight excluding hydrogens is 366 g/mol. The number of nitrogens with zero attached hydrogens (tertiary/aromatic N) is 4. The van der Waals surface area contributed by atoms with E-state index in [2.05, 4.69) is 17.2 Å². The number of carbonyl (C=O) groups excluding carboxylic acids is 1. The normalized spacial score (nSPS) is 16.8. The molecule has 0 aliphatic carbocycles. The molecule has 1 saturated heterocycles. The number of benzene rings is 1. The molecule has 152 valence electrons. The van der Waals surface area contributed by atoms with E-state index < -0.39 is 0 Å². The lowest BCUT2D eigenvalue weighted by Gasteiger charge is -2.33. The summed E-state index contributed by atoms with van der Waals surface area (Å²) in [5.74, 6) is 1.80. The summed E-state index contributed by atoms with van der Waals surface area (Å²) in [5, 5.41) is 3.44. The number of anilines is 1. The van der Waals surface area contributed by atoms with E-state index in [0.29, 0.717) is 19.0 Å². The van der Waals surface area contributed by atoms with Gasteiger partial charge in [0.15, 0.2) is 5.65 Å². The van der Waals surface area contributed by atoms with Crippen LogP contribution in [0.2, 0.25) is 0 Å². The number of nitrogens with one attached hydrogen (secondary N) is 1. The van der Waals surface area contributed by atoms with Gasteiger partial charge in [-0.3, -0.25) is 14.2 Å². The molecule has 1 N–H and O–H groups in total. The maximum atomic E-state index is 12.7. The Bertz CT molecular complexity index is 1000. The molecule has 0 spiro atoms. The number of methoxy groups -OCH3 is 1. The van der Waals surface area contributed by atoms with Crippen LogP contribution in [0.1, 0.15) is 32.6 Å². The highest BCUT2D eigenvalue weighted by Gasteiger charge is 2.23. The van der Waals surface area contributed by atoms with Crippen LogP contribution in [0.3, 0.4) is 0 Å². The molecule has 1 aromatic carbocycles. The van der Waals surface area contributed by atoms with E-state index in [9.17, 15) is 4.79 Å². The Balaban J connectivity index is 1.57. The molecule has 7 nitrogen and oxygen atoms in total. The minimum Gasteiger partial charge on any atom is -0.496 e. The summed E-state index contributed by atoms with van der Waals surface area (Å²) in [6.45, 7) is 3.55. The SMILES string of the molecule is COc1ccccc1-c1nc2cnccn2c1NCCC(=O)N1CCCC[C@H]1C. The fraction of sp³-hybridized carbons (Fsp3) is 0.409. The first-order valence-electron chi connectivity index (χ1n) is 10.2. The van der Waals surface area contributed by atoms with Crippen molar-refractivity contribution in [3.8, 4) is 17.0 Å². The van der Waals surface area contributed by atoms with Gasteiger partial charge in [0, 0.05) is 43.5 Å². The Morgan fingerprint density at radius 1 is 1.31 bits per heavy atom. The number of hydrogen-bond donors (Lipinski definition) is 1. The van der Waals surface area contributed by atoms with Crippen LogP contribution in [-0.4, -0.2) is 51.4 Å². The number of aromatic nitrogens is 3. The molecule has 0 saturated carbocycles. The highest BCUT2D eigenvalue weighted by molar-refractivity contribution is 5.81. The number of likely N-dealkylation sites (tertiary alicyclic amines) is 1. The van der Waals surface area contributed by atoms with Crippen molar-refractivity contribution in [2.45, 2.75) is 38.6 Å². The second-order valence-electron chi connectivity index (χ2n) is 7.42. The van der Waals surface area contributed by atoms with E-state index >= 15 is 0 Å². The molecule has 4 rings (SSSR count). The Kier molecular flexibility index (Phi) is 5.64. The molecule has 0 unspecified atom stereocenters. The van der Waals surface area contributed by atoms with Crippen molar-refractivity contribution in [1.82, 2.24) is 19.3 Å². The first-order valence-corrected chi connectivity index (χ1v) is 10.2. The molecule has 0 radical (unpaired) electrons. The van der Waals surface area contributed by atoms with Crippen LogP contribution >= 0.6 is 0 Å². The van der Waals surface area contributed by atoms with Crippen LogP contribution in [0.4, 0.5) is 5.82 Å². The van der Waals surface area contributed by atoms with Gasteiger partial charge in [0.1, 0.15) is 17.3 Å². The smallest absolute Gasteiger partial charge is 0.224 e. The summed E-state index contributed by atoms with van der Waals surface area (Å²) in [4.78, 5) is 23.6. The Morgan fingerprint density at radius 3 is 3.00 bits per heavy atom. The number of para-hydroxylation sites is 1. The van der Waals surface area contributed by atoms with Crippen molar-refractivity contribution >= 4 is 17.4 Å². The molecule has 3 aromatic rings. The van der Waals surface area contributed by atoms with Gasteiger partial charge >= 0.3 is 0 Å². The van der Waals surface area contributed by atoms with E-state index in [0.717, 1.165) is 47.9 Å². The van der Waals surface area contributed by atoms with Crippen molar-refractivity contribution in [3.63, 3.8) is 0 Å². The predicted molar refractivity (Wildman–Crippen MR) is 113 cm³/mol. The summed E-state index contributed by atoms with van der Waals surface area (Å²) < 4.78 is 7.49. The first-order chi connectivity index (χ1) is 14.2. The molecule has 1 fully saturated rings. The van der Waals surface area contributed by atoms with Crippen molar-refractivity contribution in [2.24, 2.45) is 0 Å². The first kappa shape index (κ1) is 19.2. The number of amides is 1. The van der Waals surface area contributed by atoms with Crippen LogP contribution in [0.25, 0.3) is 16.9 Å². The molecular formula is C22H27N5O2. The number of piperidine rings is 1. The second-order valence-corrected chi connectivity index (χ2v) is 7.42. The zero-order valence-electron chi connectivity index (χ0n) is 17.0. The largest absolute Gasteiger partial charge is 0.496 e. The van der Waals surface area contributed by atoms with Crippen molar-refractivity contribution in [2.75, 3.05) is 25.5 Å². The molecule has 2 aromatic heterocycles. The van der Waals surface area contributed by atoms with Crippen LogP contribution in [-0.2, 0) is 4.79 Å². The van der Waals surface area contributed by atoms with Crippen molar-refractivity contribution in [1.29, 1.82) is 0 Å². The van der Waals surface area contributed by atoms with E-state index in [4.69, 9.17) is 9.72 Å². The Labute approximate surface area is 170 Å². The lowest BCUT2D eigenvalue weighted by molar-refractivity contribution is -0.134. The van der Waals surface area contributed by atoms with Gasteiger partial charge in [-0.15, -0.1) is 0 Å². The molecule has 0 bridgehead atoms. The second kappa shape index (κ2) is 8.51. The number of ether oxygens (including phenoxy) is 1. The summed E-state index contributed by atoms with van der Waals surface area (Å²) in [5.41, 5.74) is 2.43. The fourth-order valence-corrected chi connectivity index (χ4v) is 4.00. The molecule has 3 heterocycles. The molecule has 1 atom stereocenters. The molecule has 1 aliphatic heterocycles. The van der Waals surface area contributed by atoms with Crippen LogP contribution in [0, 0.1) is 0 Å². The van der Waals surface area contributed by atoms with Crippen molar-refractivity contribution in [3.05, 3.63) is 42.9 Å². The topological polar surface area (TPSA) is 71.8 Å². The number of imidazole rings is 1. The number of rotatable bonds is 6. The molecule has 1 amide bonds. The molecule has 1 aliphatic rings. The lowest BCUT2D eigenvalue weighted by atomic mass is 10.0. The van der Waals surface area contributed by atoms with Gasteiger partial charge in [0.2, 0.25) is 5.91 Å². The van der Waals surface area contributed by atoms with Crippen LogP contribution < -0.4 is 10.1 Å². The van der Waals surface area contributed by atoms with E-state index in [1.165, 1.54) is 6.42 Å². The number of fused-ring (bicyclic) bond motifs is 1. The minimum atomic E-state index is 0.207. The van der Waals surface area contributed by atoms with Gasteiger partial charge in [-0.1, -0.05) is 12.1 Å². The van der Waals surface area contributed by atoms with Gasteiger partial charge in [0.05, 0.1) is 13.3 Å². The van der Waals surface area contributed by atoms with Gasteiger partial charge in [-0.05, 0) is 38.3 Å². The van der Waals surface area contributed by atoms with Gasteiger partial charge in [-0.2, -0.15) is 0 Å². The highest BCUT2D eigenvalue weighted by atomic mass is 16.5. The average Bonchev–Trinajstić information content (AvgIpc) is 3.12. The van der Waals surface area contributed by atoms with E-state index in [1.54, 1.807) is 19.5 Å². The van der Waals surface area contributed by atoms with Crippen LogP contribution in [0.5, 0.6) is 5.75 Å². The van der Waals surface area contributed by atoms with Gasteiger partial charge in [0.25, 0.3) is 0 Å². The average molecular weight is 393 g/mol. The minimum absolute atomic E-state index is 0.207. The van der Waals surface area contributed by atoms with E-state index in [1.807, 2.05) is 39.8 Å². The zero-order valence-corrected chi connectivity index (χ0v) is 17.0. The summed E-state index contributed by atoms with van der Waals surface area (Å²) in [7, 11) is 1.65. The zero-order chi connectivity index (χ0) is 20.2. The third kappa shape index (κ3) is 3.90. The third-order valence-electron chi connectivity index (χ3n) is 5.55. The maximum Gasteiger partial charge on any atom is 0.224 e. The van der Waals surface area contributed by atoms with Crippen molar-refractivity contribution < 1.29 is 9.53 Å². The lowest BCUT2D eigenvalue weighted by Crippen LogP contribution is -2.42. The third-order valence-corrected chi connectivity index (χ3v) is 5.55. The van der Waals surface area contributed by atoms with E-state index in [-0.39, 0.29) is 5.91 Å². The number of carbonyl (C=O) groups is 1. The summed E-state index contributed by atoms with van der Waals surface area (Å²) >= 11 is 0. The monoisotopic (exact) mass is 393 g/mol. The van der Waals surface area contributed by atoms with Gasteiger partial charge in [-0.25, -0.2) is 4.98 Å². The predicted octanol–water partition coefficient (Wildman–Crippen LogP) is 3.61. The number of hydrogen-bond acceptors (Lipinski definition) is 5. The fourth-order valence-electron chi connectivity index (χ4n) is 4.00.